The van der Waals surface area contributed by atoms with Crippen LogP contribution in [0, 0.1) is 0 Å². The van der Waals surface area contributed by atoms with Crippen LogP contribution in [0.2, 0.25) is 0 Å². The summed E-state index contributed by atoms with van der Waals surface area (Å²) in [7, 11) is 0. The second-order valence-corrected chi connectivity index (χ2v) is 8.24. The van der Waals surface area contributed by atoms with Crippen molar-refractivity contribution in [1.29, 1.82) is 0 Å². The first-order valence-corrected chi connectivity index (χ1v) is 10.1. The number of carbonyl (C=O) groups excluding carboxylic acids is 1. The number of nitrogens with one attached hydrogen (secondary N) is 1. The Morgan fingerprint density at radius 2 is 1.93 bits per heavy atom. The zero-order valence-electron chi connectivity index (χ0n) is 16.3. The van der Waals surface area contributed by atoms with Crippen molar-refractivity contribution in [2.45, 2.75) is 57.4 Å². The molecule has 0 aromatic carbocycles. The van der Waals surface area contributed by atoms with Gasteiger partial charge < -0.3 is 4.90 Å². The predicted octanol–water partition coefficient (Wildman–Crippen LogP) is 3.03. The highest BCUT2D eigenvalue weighted by atomic mass is 16.2. The lowest BCUT2D eigenvalue weighted by molar-refractivity contribution is 0.0711. The van der Waals surface area contributed by atoms with Crippen molar-refractivity contribution < 1.29 is 4.79 Å². The fraction of sp³-hybridized carbons (Fsp3) is 0.550. The van der Waals surface area contributed by atoms with Gasteiger partial charge in [0.1, 0.15) is 5.82 Å². The quantitative estimate of drug-likeness (QED) is 0.752. The smallest absolute Gasteiger partial charge is 0.255 e. The number of H-pyrrole nitrogens is 1. The summed E-state index contributed by atoms with van der Waals surface area (Å²) in [5.74, 6) is 2.91. The van der Waals surface area contributed by atoms with Crippen LogP contribution in [-0.2, 0) is 0 Å². The summed E-state index contributed by atoms with van der Waals surface area (Å²) < 4.78 is 1.88. The van der Waals surface area contributed by atoms with Gasteiger partial charge in [-0.1, -0.05) is 0 Å². The second-order valence-electron chi connectivity index (χ2n) is 8.24. The van der Waals surface area contributed by atoms with Crippen LogP contribution in [0.1, 0.15) is 79.4 Å². The molecule has 1 saturated carbocycles. The Morgan fingerprint density at radius 1 is 1.14 bits per heavy atom. The van der Waals surface area contributed by atoms with Gasteiger partial charge in [-0.3, -0.25) is 9.89 Å². The molecule has 3 aromatic rings. The average molecular weight is 379 g/mol. The van der Waals surface area contributed by atoms with Crippen molar-refractivity contribution in [2.24, 2.45) is 0 Å². The van der Waals surface area contributed by atoms with E-state index in [4.69, 9.17) is 0 Å². The normalized spacial score (nSPS) is 18.3. The first-order chi connectivity index (χ1) is 13.6. The lowest BCUT2D eigenvalue weighted by Crippen LogP contribution is -2.38. The predicted molar refractivity (Wildman–Crippen MR) is 104 cm³/mol. The molecule has 0 unspecified atom stereocenters. The molecule has 1 N–H and O–H groups in total. The van der Waals surface area contributed by atoms with Gasteiger partial charge in [0.25, 0.3) is 5.91 Å². The van der Waals surface area contributed by atoms with E-state index in [2.05, 4.69) is 39.1 Å². The molecule has 0 spiro atoms. The lowest BCUT2D eigenvalue weighted by Gasteiger charge is -2.31. The number of aromatic nitrogens is 6. The van der Waals surface area contributed by atoms with Crippen LogP contribution < -0.4 is 0 Å². The molecule has 8 nitrogen and oxygen atoms in total. The number of hydrogen-bond acceptors (Lipinski definition) is 5. The van der Waals surface area contributed by atoms with Gasteiger partial charge >= 0.3 is 0 Å². The molecule has 2 aliphatic rings. The largest absolute Gasteiger partial charge is 0.339 e. The van der Waals surface area contributed by atoms with E-state index in [9.17, 15) is 4.79 Å². The van der Waals surface area contributed by atoms with Gasteiger partial charge in [0.15, 0.2) is 11.5 Å². The van der Waals surface area contributed by atoms with Gasteiger partial charge in [-0.2, -0.15) is 10.2 Å². The van der Waals surface area contributed by atoms with E-state index in [1.165, 1.54) is 12.8 Å². The van der Waals surface area contributed by atoms with E-state index in [-0.39, 0.29) is 11.9 Å². The highest BCUT2D eigenvalue weighted by Gasteiger charge is 2.31. The monoisotopic (exact) mass is 379 g/mol. The first kappa shape index (κ1) is 17.3. The lowest BCUT2D eigenvalue weighted by atomic mass is 9.95. The number of carbonyl (C=O) groups is 1. The van der Waals surface area contributed by atoms with Crippen molar-refractivity contribution >= 4 is 16.9 Å². The second kappa shape index (κ2) is 6.68. The van der Waals surface area contributed by atoms with Crippen LogP contribution in [0.4, 0.5) is 0 Å². The number of likely N-dealkylation sites (tertiary alicyclic amines) is 1. The first-order valence-electron chi connectivity index (χ1n) is 10.1. The molecule has 2 fully saturated rings. The van der Waals surface area contributed by atoms with Gasteiger partial charge in [0.05, 0.1) is 11.8 Å². The molecule has 1 saturated heterocycles. The summed E-state index contributed by atoms with van der Waals surface area (Å²) in [6.45, 7) is 5.59. The molecule has 0 atom stereocenters. The average Bonchev–Trinajstić information content (AvgIpc) is 3.28. The number of rotatable bonds is 4. The molecule has 28 heavy (non-hydrogen) atoms. The standard InChI is InChI=1S/C20H25N7O/c1-12(2)27-19-15(11-22-27)9-16(10-21-19)20(28)26-7-5-14(6-8-26)18-23-17(24-25-18)13-3-4-13/h9-14H,3-8H2,1-2H3,(H,23,24,25). The third-order valence-electron chi connectivity index (χ3n) is 5.80. The number of amides is 1. The molecule has 5 rings (SSSR count). The van der Waals surface area contributed by atoms with E-state index in [1.807, 2.05) is 15.6 Å². The molecule has 3 aromatic heterocycles. The maximum absolute atomic E-state index is 13.0. The molecule has 146 valence electrons. The third kappa shape index (κ3) is 3.06. The number of aromatic amines is 1. The maximum atomic E-state index is 13.0. The van der Waals surface area contributed by atoms with Gasteiger partial charge in [-0.05, 0) is 45.6 Å². The molecule has 1 aliphatic carbocycles. The molecule has 0 radical (unpaired) electrons. The van der Waals surface area contributed by atoms with Gasteiger partial charge in [-0.15, -0.1) is 0 Å². The topological polar surface area (TPSA) is 92.6 Å². The Kier molecular flexibility index (Phi) is 4.14. The Labute approximate surface area is 163 Å². The summed E-state index contributed by atoms with van der Waals surface area (Å²) in [4.78, 5) is 24.1. The summed E-state index contributed by atoms with van der Waals surface area (Å²) in [6.07, 6.45) is 7.69. The molecule has 1 aliphatic heterocycles. The van der Waals surface area contributed by atoms with Gasteiger partial charge in [0, 0.05) is 42.6 Å². The molecule has 0 bridgehead atoms. The summed E-state index contributed by atoms with van der Waals surface area (Å²) in [5.41, 5.74) is 1.45. The highest BCUT2D eigenvalue weighted by Crippen LogP contribution is 2.38. The van der Waals surface area contributed by atoms with Crippen molar-refractivity contribution in [3.63, 3.8) is 0 Å². The van der Waals surface area contributed by atoms with Crippen LogP contribution in [0.25, 0.3) is 11.0 Å². The Bertz CT molecular complexity index is 1010. The molecule has 1 amide bonds. The third-order valence-corrected chi connectivity index (χ3v) is 5.80. The van der Waals surface area contributed by atoms with Crippen LogP contribution in [0.15, 0.2) is 18.5 Å². The highest BCUT2D eigenvalue weighted by molar-refractivity contribution is 5.96. The van der Waals surface area contributed by atoms with Crippen LogP contribution in [0.3, 0.4) is 0 Å². The van der Waals surface area contributed by atoms with E-state index < -0.39 is 0 Å². The number of piperidine rings is 1. The number of hydrogen-bond donors (Lipinski definition) is 1. The number of pyridine rings is 1. The van der Waals surface area contributed by atoms with E-state index in [1.54, 1.807) is 12.4 Å². The minimum Gasteiger partial charge on any atom is -0.339 e. The van der Waals surface area contributed by atoms with E-state index in [0.29, 0.717) is 17.4 Å². The van der Waals surface area contributed by atoms with Crippen molar-refractivity contribution in [1.82, 2.24) is 34.8 Å². The zero-order chi connectivity index (χ0) is 19.3. The number of nitrogens with zero attached hydrogens (tertiary/aromatic N) is 6. The van der Waals surface area contributed by atoms with Crippen LogP contribution >= 0.6 is 0 Å². The van der Waals surface area contributed by atoms with Gasteiger partial charge in [-0.25, -0.2) is 14.6 Å². The molecule has 4 heterocycles. The van der Waals surface area contributed by atoms with E-state index in [0.717, 1.165) is 48.6 Å². The maximum Gasteiger partial charge on any atom is 0.255 e. The van der Waals surface area contributed by atoms with Crippen molar-refractivity contribution in [3.8, 4) is 0 Å². The Balaban J connectivity index is 1.26. The molecular weight excluding hydrogens is 354 g/mol. The fourth-order valence-corrected chi connectivity index (χ4v) is 3.97. The van der Waals surface area contributed by atoms with Crippen molar-refractivity contribution in [3.05, 3.63) is 35.7 Å². The van der Waals surface area contributed by atoms with Crippen LogP contribution in [0.5, 0.6) is 0 Å². The van der Waals surface area contributed by atoms with Crippen molar-refractivity contribution in [2.75, 3.05) is 13.1 Å². The zero-order valence-corrected chi connectivity index (χ0v) is 16.3. The van der Waals surface area contributed by atoms with Crippen LogP contribution in [-0.4, -0.2) is 53.8 Å². The Morgan fingerprint density at radius 3 is 2.64 bits per heavy atom. The summed E-state index contributed by atoms with van der Waals surface area (Å²) in [6, 6.07) is 2.14. The summed E-state index contributed by atoms with van der Waals surface area (Å²) >= 11 is 0. The number of fused-ring (bicyclic) bond motifs is 1. The summed E-state index contributed by atoms with van der Waals surface area (Å²) in [5, 5.41) is 12.8. The molecular formula is C20H25N7O. The van der Waals surface area contributed by atoms with E-state index >= 15 is 0 Å². The minimum atomic E-state index is 0.0430. The Hall–Kier alpha value is -2.77. The fourth-order valence-electron chi connectivity index (χ4n) is 3.97. The van der Waals surface area contributed by atoms with Gasteiger partial charge in [0.2, 0.25) is 0 Å². The SMILES string of the molecule is CC(C)n1ncc2cc(C(=O)N3CCC(c4nc(C5CC5)n[nH]4)CC3)cnc21. The minimum absolute atomic E-state index is 0.0430. The molecule has 8 heteroatoms.